The second-order valence-electron chi connectivity index (χ2n) is 3.23. The fourth-order valence-electron chi connectivity index (χ4n) is 1.26. The van der Waals surface area contributed by atoms with E-state index in [-0.39, 0.29) is 5.82 Å². The van der Waals surface area contributed by atoms with Crippen LogP contribution in [0.2, 0.25) is 0 Å². The Morgan fingerprint density at radius 3 is 2.20 bits per heavy atom. The van der Waals surface area contributed by atoms with Gasteiger partial charge in [0.25, 0.3) is 0 Å². The summed E-state index contributed by atoms with van der Waals surface area (Å²) >= 11 is -1.13. The second kappa shape index (κ2) is 5.66. The molecule has 0 bridgehead atoms. The normalized spacial score (nSPS) is 9.67. The van der Waals surface area contributed by atoms with Gasteiger partial charge in [0.15, 0.2) is 0 Å². The van der Waals surface area contributed by atoms with Crippen molar-refractivity contribution in [1.29, 1.82) is 0 Å². The molecule has 2 rings (SSSR count). The number of rotatable bonds is 3. The van der Waals surface area contributed by atoms with E-state index in [0.717, 1.165) is 0 Å². The van der Waals surface area contributed by atoms with E-state index in [1.54, 1.807) is 12.1 Å². The molecule has 0 amide bonds. The molecular weight excluding hydrogens is 396 g/mol. The molecule has 2 aromatic rings. The molecule has 0 aliphatic carbocycles. The van der Waals surface area contributed by atoms with Crippen molar-refractivity contribution in [1.82, 2.24) is 0 Å². The van der Waals surface area contributed by atoms with Crippen molar-refractivity contribution in [3.63, 3.8) is 0 Å². The zero-order chi connectivity index (χ0) is 10.5. The Hall–Kier alpha value is -0.345. The molecule has 0 atom stereocenters. The van der Waals surface area contributed by atoms with Gasteiger partial charge < -0.3 is 0 Å². The minimum absolute atomic E-state index is 0.142. The summed E-state index contributed by atoms with van der Waals surface area (Å²) < 4.78 is 14.0. The molecule has 0 nitrogen and oxygen atoms in total. The fraction of sp³-hybridized carbons (Fsp3) is 0. The van der Waals surface area contributed by atoms with Crippen LogP contribution in [0, 0.1) is 5.82 Å². The molecular formula is C12H9FHgS. The number of benzene rings is 2. The van der Waals surface area contributed by atoms with Crippen molar-refractivity contribution in [2.45, 2.75) is 4.90 Å². The summed E-state index contributed by atoms with van der Waals surface area (Å²) in [5.74, 6) is -0.142. The molecule has 0 N–H and O–H groups in total. The van der Waals surface area contributed by atoms with Crippen LogP contribution in [0.3, 0.4) is 0 Å². The Morgan fingerprint density at radius 2 is 1.53 bits per heavy atom. The van der Waals surface area contributed by atoms with Crippen LogP contribution in [0.15, 0.2) is 59.5 Å². The van der Waals surface area contributed by atoms with Crippen molar-refractivity contribution in [2.75, 3.05) is 0 Å². The van der Waals surface area contributed by atoms with Gasteiger partial charge in [-0.15, -0.1) is 0 Å². The van der Waals surface area contributed by atoms with Gasteiger partial charge in [0.2, 0.25) is 0 Å². The number of hydrogen-bond acceptors (Lipinski definition) is 1. The van der Waals surface area contributed by atoms with Gasteiger partial charge in [0.05, 0.1) is 0 Å². The SMILES string of the molecule is Fc1cc[c]([Hg][S]c2ccccc2)cc1. The Bertz CT molecular complexity index is 413. The average molecular weight is 405 g/mol. The Kier molecular flexibility index (Phi) is 4.21. The molecule has 0 aliphatic heterocycles. The van der Waals surface area contributed by atoms with Crippen LogP contribution >= 0.6 is 8.24 Å². The maximum absolute atomic E-state index is 12.7. The fourth-order valence-corrected chi connectivity index (χ4v) is 11.4. The van der Waals surface area contributed by atoms with Gasteiger partial charge in [-0.1, -0.05) is 0 Å². The van der Waals surface area contributed by atoms with Gasteiger partial charge in [-0.25, -0.2) is 0 Å². The molecule has 72 valence electrons. The topological polar surface area (TPSA) is 0 Å². The van der Waals surface area contributed by atoms with E-state index in [4.69, 9.17) is 0 Å². The zero-order valence-electron chi connectivity index (χ0n) is 8.19. The van der Waals surface area contributed by atoms with Gasteiger partial charge in [-0.05, 0) is 0 Å². The maximum atomic E-state index is 12.7. The summed E-state index contributed by atoms with van der Waals surface area (Å²) in [6.07, 6.45) is 0. The molecule has 0 unspecified atom stereocenters. The van der Waals surface area contributed by atoms with E-state index in [1.165, 1.54) is 7.97 Å². The van der Waals surface area contributed by atoms with Gasteiger partial charge in [-0.3, -0.25) is 0 Å². The summed E-state index contributed by atoms with van der Waals surface area (Å²) in [5.41, 5.74) is 0. The van der Waals surface area contributed by atoms with Crippen molar-refractivity contribution in [2.24, 2.45) is 0 Å². The summed E-state index contributed by atoms with van der Waals surface area (Å²) in [7, 11) is 1.98. The molecule has 0 saturated heterocycles. The van der Waals surface area contributed by atoms with Crippen LogP contribution in [0.5, 0.6) is 0 Å². The first-order valence-electron chi connectivity index (χ1n) is 4.77. The predicted octanol–water partition coefficient (Wildman–Crippen LogP) is 3.24. The summed E-state index contributed by atoms with van der Waals surface area (Å²) in [6, 6.07) is 17.4. The molecule has 0 aliphatic rings. The van der Waals surface area contributed by atoms with E-state index >= 15 is 0 Å². The van der Waals surface area contributed by atoms with Crippen LogP contribution in [-0.4, -0.2) is 0 Å². The third-order valence-corrected chi connectivity index (χ3v) is 14.4. The number of hydrogen-bond donors (Lipinski definition) is 0. The Labute approximate surface area is 103 Å². The first-order valence-corrected chi connectivity index (χ1v) is 15.2. The van der Waals surface area contributed by atoms with Crippen LogP contribution in [0.25, 0.3) is 0 Å². The molecule has 3 heteroatoms. The van der Waals surface area contributed by atoms with E-state index in [2.05, 4.69) is 24.3 Å². The molecule has 0 spiro atoms. The van der Waals surface area contributed by atoms with E-state index in [1.807, 2.05) is 26.4 Å². The summed E-state index contributed by atoms with van der Waals surface area (Å²) in [5, 5.41) is 0. The van der Waals surface area contributed by atoms with Crippen LogP contribution in [-0.2, 0) is 23.1 Å². The molecule has 0 aromatic heterocycles. The molecule has 15 heavy (non-hydrogen) atoms. The zero-order valence-corrected chi connectivity index (χ0v) is 14.5. The van der Waals surface area contributed by atoms with Gasteiger partial charge in [0.1, 0.15) is 0 Å². The van der Waals surface area contributed by atoms with Crippen molar-refractivity contribution >= 4 is 11.3 Å². The third kappa shape index (κ3) is 3.61. The van der Waals surface area contributed by atoms with E-state index < -0.39 is 23.1 Å². The molecule has 0 fully saturated rings. The summed E-state index contributed by atoms with van der Waals surface area (Å²) in [6.45, 7) is 0. The molecule has 0 saturated carbocycles. The van der Waals surface area contributed by atoms with Gasteiger partial charge >= 0.3 is 104 Å². The van der Waals surface area contributed by atoms with E-state index in [0.29, 0.717) is 0 Å². The third-order valence-electron chi connectivity index (χ3n) is 2.06. The predicted molar refractivity (Wildman–Crippen MR) is 58.3 cm³/mol. The first kappa shape index (κ1) is 11.1. The number of halogens is 1. The van der Waals surface area contributed by atoms with Crippen LogP contribution < -0.4 is 3.07 Å². The quantitative estimate of drug-likeness (QED) is 0.708. The molecule has 0 heterocycles. The van der Waals surface area contributed by atoms with Crippen LogP contribution in [0.1, 0.15) is 0 Å². The molecule has 0 radical (unpaired) electrons. The Morgan fingerprint density at radius 1 is 0.867 bits per heavy atom. The van der Waals surface area contributed by atoms with Gasteiger partial charge in [-0.2, -0.15) is 0 Å². The molecule has 2 aromatic carbocycles. The standard InChI is InChI=1S/C6H4F.C6H6S.Hg/c2*7-6-4-2-1-3-5-6;/h2-5H;1-5,7H;/q;;+1/p-1. The first-order chi connectivity index (χ1) is 7.34. The van der Waals surface area contributed by atoms with E-state index in [9.17, 15) is 4.39 Å². The van der Waals surface area contributed by atoms with Crippen molar-refractivity contribution < 1.29 is 27.5 Å². The Balaban J connectivity index is 1.96. The van der Waals surface area contributed by atoms with Gasteiger partial charge in [0, 0.05) is 0 Å². The second-order valence-corrected chi connectivity index (χ2v) is 14.2. The van der Waals surface area contributed by atoms with Crippen molar-refractivity contribution in [3.05, 3.63) is 60.4 Å². The monoisotopic (exact) mass is 406 g/mol. The average Bonchev–Trinajstić information content (AvgIpc) is 2.30. The minimum atomic E-state index is -1.13. The van der Waals surface area contributed by atoms with Crippen LogP contribution in [0.4, 0.5) is 4.39 Å². The summed E-state index contributed by atoms with van der Waals surface area (Å²) in [4.78, 5) is 1.34. The van der Waals surface area contributed by atoms with Crippen molar-refractivity contribution in [3.8, 4) is 0 Å².